The molecule has 30 heavy (non-hydrogen) atoms. The van der Waals surface area contributed by atoms with Gasteiger partial charge in [0.15, 0.2) is 0 Å². The first-order valence-electron chi connectivity index (χ1n) is 13.7. The number of phenolic OH excluding ortho intramolecular Hbond substituents is 1. The minimum Gasteiger partial charge on any atom is -0.508 e. The summed E-state index contributed by atoms with van der Waals surface area (Å²) in [6, 6.07) is 3.49. The lowest BCUT2D eigenvalue weighted by molar-refractivity contribution is -0.115. The molecule has 1 saturated carbocycles. The maximum atomic E-state index is 15.2. The lowest BCUT2D eigenvalue weighted by atomic mass is 9.85. The lowest BCUT2D eigenvalue weighted by Gasteiger charge is -2.21. The molecule has 7 nitrogen and oxygen atoms in total. The van der Waals surface area contributed by atoms with Crippen LogP contribution in [0.4, 0.5) is 10.1 Å². The van der Waals surface area contributed by atoms with Crippen LogP contribution in [0.25, 0.3) is 0 Å². The largest absolute Gasteiger partial charge is 0.508 e. The first kappa shape index (κ1) is 11.6. The molecule has 1 aliphatic rings. The monoisotopic (exact) mass is 420 g/mol. The number of halogens is 1. The van der Waals surface area contributed by atoms with Gasteiger partial charge in [-0.3, -0.25) is 14.6 Å². The van der Waals surface area contributed by atoms with Gasteiger partial charge < -0.3 is 15.7 Å². The van der Waals surface area contributed by atoms with Crippen molar-refractivity contribution in [2.24, 2.45) is 0 Å². The van der Waals surface area contributed by atoms with Crippen LogP contribution in [0.5, 0.6) is 5.75 Å². The number of carbonyl (C=O) groups excluding carboxylic acids is 2. The van der Waals surface area contributed by atoms with Crippen molar-refractivity contribution in [2.45, 2.75) is 50.8 Å². The van der Waals surface area contributed by atoms with Crippen LogP contribution in [-0.2, 0) is 16.6 Å². The predicted molar refractivity (Wildman–Crippen MR) is 108 cm³/mol. The number of nitrogens with one attached hydrogen (secondary N) is 2. The Bertz CT molecular complexity index is 1360. The van der Waals surface area contributed by atoms with E-state index in [1.807, 2.05) is 6.07 Å². The van der Waals surface area contributed by atoms with Crippen LogP contribution >= 0.6 is 0 Å². The number of hydrogen-bond acceptors (Lipinski definition) is 5. The molecule has 1 heterocycles. The number of hydrogen-bond donors (Lipinski definition) is 3. The van der Waals surface area contributed by atoms with Gasteiger partial charge in [0.25, 0.3) is 5.91 Å². The highest BCUT2D eigenvalue weighted by atomic mass is 19.1. The van der Waals surface area contributed by atoms with E-state index in [4.69, 9.17) is 19.0 Å². The van der Waals surface area contributed by atoms with Gasteiger partial charge in [-0.05, 0) is 42.5 Å². The Labute approximate surface area is 188 Å². The SMILES string of the molecule is [2H]c1c(O)c(C(C([2H])([2H])[2H])(C([2H])([2H])[2H])C([2H])([2H])[2H])cc(F)c1CC(=O)Nc1ccnc(C(=O)NC2(C#N)CC2)c1. The van der Waals surface area contributed by atoms with E-state index in [0.29, 0.717) is 12.8 Å². The molecule has 0 bridgehead atoms. The number of carbonyl (C=O) groups is 2. The maximum Gasteiger partial charge on any atom is 0.271 e. The third kappa shape index (κ3) is 4.74. The van der Waals surface area contributed by atoms with Crippen molar-refractivity contribution < 1.29 is 32.8 Å². The number of amides is 2. The number of benzene rings is 1. The summed E-state index contributed by atoms with van der Waals surface area (Å²) in [5, 5.41) is 24.6. The van der Waals surface area contributed by atoms with E-state index in [0.717, 1.165) is 0 Å². The second kappa shape index (κ2) is 7.75. The van der Waals surface area contributed by atoms with Gasteiger partial charge >= 0.3 is 0 Å². The zero-order valence-electron chi connectivity index (χ0n) is 25.5. The van der Waals surface area contributed by atoms with Crippen LogP contribution in [0.15, 0.2) is 30.4 Å². The Balaban J connectivity index is 1.94. The van der Waals surface area contributed by atoms with E-state index in [1.54, 1.807) is 0 Å². The zero-order valence-corrected chi connectivity index (χ0v) is 15.5. The summed E-state index contributed by atoms with van der Waals surface area (Å²) in [6.45, 7) is -11.4. The molecule has 0 spiro atoms. The smallest absolute Gasteiger partial charge is 0.271 e. The summed E-state index contributed by atoms with van der Waals surface area (Å²) >= 11 is 0. The molecule has 3 rings (SSSR count). The molecule has 8 heteroatoms. The van der Waals surface area contributed by atoms with Gasteiger partial charge in [0.05, 0.1) is 13.9 Å². The average Bonchev–Trinajstić information content (AvgIpc) is 3.57. The number of nitriles is 1. The number of phenols is 1. The van der Waals surface area contributed by atoms with E-state index < -0.39 is 78.5 Å². The molecule has 0 aliphatic heterocycles. The molecule has 156 valence electrons. The minimum atomic E-state index is -3.81. The normalized spacial score (nSPS) is 20.7. The highest BCUT2D eigenvalue weighted by Crippen LogP contribution is 2.34. The number of anilines is 1. The molecule has 0 radical (unpaired) electrons. The van der Waals surface area contributed by atoms with E-state index in [-0.39, 0.29) is 17.4 Å². The van der Waals surface area contributed by atoms with E-state index in [9.17, 15) is 14.7 Å². The van der Waals surface area contributed by atoms with Gasteiger partial charge in [-0.2, -0.15) is 5.26 Å². The quantitative estimate of drug-likeness (QED) is 0.687. The van der Waals surface area contributed by atoms with Crippen molar-refractivity contribution in [2.75, 3.05) is 5.32 Å². The molecule has 1 aromatic heterocycles. The molecule has 1 fully saturated rings. The first-order chi connectivity index (χ1) is 18.2. The first-order valence-corrected chi connectivity index (χ1v) is 8.72. The summed E-state index contributed by atoms with van der Waals surface area (Å²) in [6.07, 6.45) is 1.23. The maximum absolute atomic E-state index is 15.2. The number of nitrogens with zero attached hydrogens (tertiary/aromatic N) is 2. The molecular weight excluding hydrogens is 387 g/mol. The minimum absolute atomic E-state index is 0.0333. The van der Waals surface area contributed by atoms with E-state index in [2.05, 4.69) is 15.6 Å². The Morgan fingerprint density at radius 2 is 2.17 bits per heavy atom. The van der Waals surface area contributed by atoms with Crippen molar-refractivity contribution in [3.05, 3.63) is 53.1 Å². The Hall–Kier alpha value is -3.47. The van der Waals surface area contributed by atoms with Crippen LogP contribution in [0.3, 0.4) is 0 Å². The Morgan fingerprint density at radius 1 is 1.43 bits per heavy atom. The molecule has 0 unspecified atom stereocenters. The van der Waals surface area contributed by atoms with Gasteiger partial charge in [-0.25, -0.2) is 4.39 Å². The molecule has 0 atom stereocenters. The van der Waals surface area contributed by atoms with Gasteiger partial charge in [0.2, 0.25) is 5.91 Å². The van der Waals surface area contributed by atoms with Gasteiger partial charge in [-0.15, -0.1) is 0 Å². The van der Waals surface area contributed by atoms with Crippen LogP contribution in [0.2, 0.25) is 0 Å². The van der Waals surface area contributed by atoms with E-state index >= 15 is 4.39 Å². The van der Waals surface area contributed by atoms with Crippen LogP contribution < -0.4 is 10.6 Å². The van der Waals surface area contributed by atoms with Crippen molar-refractivity contribution in [1.29, 1.82) is 5.26 Å². The van der Waals surface area contributed by atoms with Crippen molar-refractivity contribution in [3.63, 3.8) is 0 Å². The Morgan fingerprint density at radius 3 is 2.80 bits per heavy atom. The van der Waals surface area contributed by atoms with Gasteiger partial charge in [0, 0.05) is 35.3 Å². The van der Waals surface area contributed by atoms with Gasteiger partial charge in [-0.1, -0.05) is 20.6 Å². The number of pyridine rings is 1. The highest BCUT2D eigenvalue weighted by molar-refractivity contribution is 5.96. The molecule has 2 amide bonds. The second-order valence-electron chi connectivity index (χ2n) is 6.91. The molecule has 1 aliphatic carbocycles. The van der Waals surface area contributed by atoms with Crippen LogP contribution in [0.1, 0.15) is 68.7 Å². The zero-order chi connectivity index (χ0) is 30.5. The number of aromatic nitrogens is 1. The van der Waals surface area contributed by atoms with Crippen molar-refractivity contribution in [3.8, 4) is 11.8 Å². The van der Waals surface area contributed by atoms with Crippen LogP contribution in [0, 0.1) is 17.1 Å². The molecule has 1 aromatic carbocycles. The number of rotatable bonds is 5. The Kier molecular flexibility index (Phi) is 3.01. The second-order valence-corrected chi connectivity index (χ2v) is 6.91. The van der Waals surface area contributed by atoms with E-state index in [1.165, 1.54) is 18.3 Å². The topological polar surface area (TPSA) is 115 Å². The summed E-state index contributed by atoms with van der Waals surface area (Å²) in [5.41, 5.74) is -6.94. The predicted octanol–water partition coefficient (Wildman–Crippen LogP) is 3.19. The fourth-order valence-electron chi connectivity index (χ4n) is 2.64. The fourth-order valence-corrected chi connectivity index (χ4v) is 2.64. The summed E-state index contributed by atoms with van der Waals surface area (Å²) in [4.78, 5) is 28.9. The van der Waals surface area contributed by atoms with Gasteiger partial charge in [0.1, 0.15) is 22.8 Å². The number of aromatic hydroxyl groups is 1. The summed E-state index contributed by atoms with van der Waals surface area (Å²) in [5.74, 6) is -4.53. The van der Waals surface area contributed by atoms with Crippen molar-refractivity contribution in [1.82, 2.24) is 10.3 Å². The fraction of sp³-hybridized carbons (Fsp3) is 0.364. The summed E-state index contributed by atoms with van der Waals surface area (Å²) < 4.78 is 92.9. The third-order valence-corrected chi connectivity index (χ3v) is 4.42. The molecule has 3 N–H and O–H groups in total. The lowest BCUT2D eigenvalue weighted by Crippen LogP contribution is -2.36. The van der Waals surface area contributed by atoms with Crippen LogP contribution in [-0.4, -0.2) is 27.4 Å². The molecular formula is C22H23FN4O3. The highest BCUT2D eigenvalue weighted by Gasteiger charge is 2.44. The third-order valence-electron chi connectivity index (χ3n) is 4.42. The average molecular weight is 421 g/mol. The summed E-state index contributed by atoms with van der Waals surface area (Å²) in [7, 11) is 0. The molecule has 0 saturated heterocycles. The van der Waals surface area contributed by atoms with Crippen molar-refractivity contribution >= 4 is 17.5 Å². The standard InChI is InChI=1S/C22H23FN4O3/c1-21(2,3)15-11-16(23)13(8-18(15)28)9-19(29)26-14-4-7-25-17(10-14)20(30)27-22(12-24)5-6-22/h4,7-8,10-11,28H,5-6,9H2,1-3H3,(H,27,30)(H,25,26,29)/i1D3,2D3,3D3,8D. The molecule has 2 aromatic rings.